The minimum absolute atomic E-state index is 0.353. The van der Waals surface area contributed by atoms with Crippen LogP contribution in [-0.4, -0.2) is 12.8 Å². The normalized spacial score (nSPS) is 10.6. The van der Waals surface area contributed by atoms with Gasteiger partial charge in [0.1, 0.15) is 6.61 Å². The molecule has 1 N–H and O–H groups in total. The van der Waals surface area contributed by atoms with E-state index in [2.05, 4.69) is 16.6 Å². The summed E-state index contributed by atoms with van der Waals surface area (Å²) in [4.78, 5) is 0. The summed E-state index contributed by atoms with van der Waals surface area (Å²) < 4.78 is 11.6. The monoisotopic (exact) mass is 419 g/mol. The van der Waals surface area contributed by atoms with Crippen LogP contribution in [0.2, 0.25) is 5.02 Å². The van der Waals surface area contributed by atoms with Gasteiger partial charge in [0, 0.05) is 5.02 Å². The maximum absolute atomic E-state index is 9.02. The Kier molecular flexibility index (Phi) is 7.71. The fraction of sp³-hybridized carbons (Fsp3) is 0.167. The van der Waals surface area contributed by atoms with Crippen molar-refractivity contribution in [3.8, 4) is 17.6 Å². The Bertz CT molecular complexity index is 1040. The molecule has 0 spiro atoms. The van der Waals surface area contributed by atoms with Crippen LogP contribution in [0.25, 0.3) is 0 Å². The van der Waals surface area contributed by atoms with Crippen molar-refractivity contribution in [1.29, 1.82) is 5.26 Å². The minimum atomic E-state index is 0.353. The third kappa shape index (κ3) is 6.26. The van der Waals surface area contributed by atoms with Crippen molar-refractivity contribution in [2.75, 3.05) is 6.61 Å². The molecule has 0 aliphatic heterocycles. The van der Waals surface area contributed by atoms with E-state index >= 15 is 0 Å². The minimum Gasteiger partial charge on any atom is -0.490 e. The average Bonchev–Trinajstić information content (AvgIpc) is 2.77. The fourth-order valence-electron chi connectivity index (χ4n) is 2.74. The molecule has 0 aliphatic carbocycles. The number of nitrogens with zero attached hydrogens (tertiary/aromatic N) is 2. The summed E-state index contributed by atoms with van der Waals surface area (Å²) in [5.74, 6) is 1.29. The Hall–Kier alpha value is -3.49. The van der Waals surface area contributed by atoms with Crippen molar-refractivity contribution in [2.45, 2.75) is 20.1 Å². The van der Waals surface area contributed by atoms with E-state index in [1.807, 2.05) is 67.6 Å². The first-order valence-corrected chi connectivity index (χ1v) is 9.95. The maximum atomic E-state index is 9.02. The van der Waals surface area contributed by atoms with Crippen LogP contribution in [0, 0.1) is 11.3 Å². The number of ether oxygens (including phenoxy) is 2. The lowest BCUT2D eigenvalue weighted by molar-refractivity contribution is 0.269. The molecule has 3 aromatic carbocycles. The zero-order chi connectivity index (χ0) is 21.2. The number of nitriles is 1. The second-order valence-corrected chi connectivity index (χ2v) is 6.90. The number of rotatable bonds is 9. The van der Waals surface area contributed by atoms with Gasteiger partial charge in [-0.05, 0) is 66.1 Å². The summed E-state index contributed by atoms with van der Waals surface area (Å²) in [6.07, 6.45) is 1.73. The van der Waals surface area contributed by atoms with Crippen LogP contribution in [0.5, 0.6) is 11.5 Å². The molecule has 3 rings (SSSR count). The zero-order valence-electron chi connectivity index (χ0n) is 16.6. The first-order chi connectivity index (χ1) is 14.7. The quantitative estimate of drug-likeness (QED) is 0.377. The van der Waals surface area contributed by atoms with Gasteiger partial charge in [-0.2, -0.15) is 10.4 Å². The number of hydrogen-bond acceptors (Lipinski definition) is 5. The van der Waals surface area contributed by atoms with E-state index in [-0.39, 0.29) is 0 Å². The second-order valence-electron chi connectivity index (χ2n) is 6.46. The predicted octanol–water partition coefficient (Wildman–Crippen LogP) is 5.31. The van der Waals surface area contributed by atoms with Gasteiger partial charge in [-0.3, -0.25) is 0 Å². The molecule has 0 atom stereocenters. The summed E-state index contributed by atoms with van der Waals surface area (Å²) in [7, 11) is 0. The van der Waals surface area contributed by atoms with E-state index in [0.717, 1.165) is 16.7 Å². The summed E-state index contributed by atoms with van der Waals surface area (Å²) >= 11 is 5.89. The SMILES string of the molecule is CCOc1cc(/C=N\NCc2ccc(Cl)cc2)ccc1OCc1cccc(C#N)c1. The Balaban J connectivity index is 1.62. The molecular weight excluding hydrogens is 398 g/mol. The molecular formula is C24H22ClN3O2. The third-order valence-corrected chi connectivity index (χ3v) is 4.47. The predicted molar refractivity (Wildman–Crippen MR) is 119 cm³/mol. The molecule has 0 heterocycles. The van der Waals surface area contributed by atoms with Gasteiger partial charge >= 0.3 is 0 Å². The Morgan fingerprint density at radius 1 is 1.00 bits per heavy atom. The average molecular weight is 420 g/mol. The summed E-state index contributed by atoms with van der Waals surface area (Å²) in [5.41, 5.74) is 6.54. The van der Waals surface area contributed by atoms with Crippen molar-refractivity contribution in [3.05, 3.63) is 94.0 Å². The van der Waals surface area contributed by atoms with Crippen LogP contribution >= 0.6 is 11.6 Å². The standard InChI is InChI=1S/C24H22ClN3O2/c1-2-29-24-13-20(16-28-27-15-18-6-9-22(25)10-7-18)8-11-23(24)30-17-21-5-3-4-19(12-21)14-26/h3-13,16,27H,2,15,17H2,1H3/b28-16-. The molecule has 30 heavy (non-hydrogen) atoms. The van der Waals surface area contributed by atoms with E-state index in [0.29, 0.717) is 41.8 Å². The zero-order valence-corrected chi connectivity index (χ0v) is 17.4. The highest BCUT2D eigenvalue weighted by Gasteiger charge is 2.07. The van der Waals surface area contributed by atoms with Gasteiger partial charge in [0.15, 0.2) is 11.5 Å². The molecule has 0 aliphatic rings. The first-order valence-electron chi connectivity index (χ1n) is 9.57. The maximum Gasteiger partial charge on any atom is 0.161 e. The highest BCUT2D eigenvalue weighted by Crippen LogP contribution is 2.29. The summed E-state index contributed by atoms with van der Waals surface area (Å²) in [6.45, 7) is 3.41. The Morgan fingerprint density at radius 3 is 2.60 bits per heavy atom. The van der Waals surface area contributed by atoms with Crippen LogP contribution in [0.3, 0.4) is 0 Å². The van der Waals surface area contributed by atoms with E-state index in [1.165, 1.54) is 0 Å². The fourth-order valence-corrected chi connectivity index (χ4v) is 2.87. The van der Waals surface area contributed by atoms with E-state index in [9.17, 15) is 0 Å². The van der Waals surface area contributed by atoms with Gasteiger partial charge in [0.25, 0.3) is 0 Å². The Labute approximate surface area is 181 Å². The van der Waals surface area contributed by atoms with E-state index in [1.54, 1.807) is 12.3 Å². The number of nitrogens with one attached hydrogen (secondary N) is 1. The molecule has 0 saturated heterocycles. The number of benzene rings is 3. The highest BCUT2D eigenvalue weighted by atomic mass is 35.5. The van der Waals surface area contributed by atoms with Crippen molar-refractivity contribution in [2.24, 2.45) is 5.10 Å². The molecule has 0 saturated carbocycles. The van der Waals surface area contributed by atoms with Crippen LogP contribution < -0.4 is 14.9 Å². The lowest BCUT2D eigenvalue weighted by Gasteiger charge is -2.13. The van der Waals surface area contributed by atoms with Crippen molar-refractivity contribution >= 4 is 17.8 Å². The van der Waals surface area contributed by atoms with Crippen LogP contribution in [-0.2, 0) is 13.2 Å². The number of hydrazone groups is 1. The second kappa shape index (κ2) is 10.9. The number of hydrogen-bond donors (Lipinski definition) is 1. The molecule has 0 bridgehead atoms. The molecule has 5 nitrogen and oxygen atoms in total. The van der Waals surface area contributed by atoms with Gasteiger partial charge in [-0.1, -0.05) is 35.9 Å². The largest absolute Gasteiger partial charge is 0.490 e. The van der Waals surface area contributed by atoms with Gasteiger partial charge in [0.05, 0.1) is 31.0 Å². The molecule has 0 fully saturated rings. The molecule has 0 amide bonds. The third-order valence-electron chi connectivity index (χ3n) is 4.22. The first kappa shape index (κ1) is 21.2. The summed E-state index contributed by atoms with van der Waals surface area (Å²) in [5, 5.41) is 14.0. The van der Waals surface area contributed by atoms with Crippen molar-refractivity contribution in [1.82, 2.24) is 5.43 Å². The molecule has 0 unspecified atom stereocenters. The van der Waals surface area contributed by atoms with E-state index in [4.69, 9.17) is 26.3 Å². The van der Waals surface area contributed by atoms with Crippen LogP contribution in [0.4, 0.5) is 0 Å². The molecule has 0 radical (unpaired) electrons. The van der Waals surface area contributed by atoms with Gasteiger partial charge in [0.2, 0.25) is 0 Å². The molecule has 6 heteroatoms. The lowest BCUT2D eigenvalue weighted by Crippen LogP contribution is -2.05. The molecule has 152 valence electrons. The highest BCUT2D eigenvalue weighted by molar-refractivity contribution is 6.30. The van der Waals surface area contributed by atoms with Gasteiger partial charge in [-0.25, -0.2) is 0 Å². The van der Waals surface area contributed by atoms with E-state index < -0.39 is 0 Å². The number of halogens is 1. The molecule has 3 aromatic rings. The smallest absolute Gasteiger partial charge is 0.161 e. The molecule has 0 aromatic heterocycles. The lowest BCUT2D eigenvalue weighted by atomic mass is 10.1. The van der Waals surface area contributed by atoms with Crippen LogP contribution in [0.15, 0.2) is 71.8 Å². The Morgan fingerprint density at radius 2 is 1.83 bits per heavy atom. The van der Waals surface area contributed by atoms with Crippen LogP contribution in [0.1, 0.15) is 29.2 Å². The summed E-state index contributed by atoms with van der Waals surface area (Å²) in [6, 6.07) is 22.8. The van der Waals surface area contributed by atoms with Crippen molar-refractivity contribution < 1.29 is 9.47 Å². The van der Waals surface area contributed by atoms with Gasteiger partial charge in [-0.15, -0.1) is 0 Å². The topological polar surface area (TPSA) is 66.6 Å². The van der Waals surface area contributed by atoms with Gasteiger partial charge < -0.3 is 14.9 Å². The van der Waals surface area contributed by atoms with Crippen molar-refractivity contribution in [3.63, 3.8) is 0 Å².